The lowest BCUT2D eigenvalue weighted by Gasteiger charge is -2.32. The van der Waals surface area contributed by atoms with E-state index < -0.39 is 0 Å². The highest BCUT2D eigenvalue weighted by Gasteiger charge is 2.40. The minimum absolute atomic E-state index is 0.0126. The van der Waals surface area contributed by atoms with Gasteiger partial charge in [0.15, 0.2) is 0 Å². The molecule has 2 bridgehead atoms. The van der Waals surface area contributed by atoms with E-state index in [1.165, 1.54) is 7.11 Å². The fourth-order valence-corrected chi connectivity index (χ4v) is 2.41. The van der Waals surface area contributed by atoms with Crippen molar-refractivity contribution in [3.63, 3.8) is 0 Å². The predicted octanol–water partition coefficient (Wildman–Crippen LogP) is -0.0165. The van der Waals surface area contributed by atoms with Crippen molar-refractivity contribution < 1.29 is 14.3 Å². The number of nitrogens with one attached hydrogen (secondary N) is 1. The van der Waals surface area contributed by atoms with Gasteiger partial charge in [-0.05, 0) is 19.3 Å². The van der Waals surface area contributed by atoms with Crippen molar-refractivity contribution >= 4 is 12.4 Å². The molecule has 5 heteroatoms. The van der Waals surface area contributed by atoms with E-state index in [9.17, 15) is 9.59 Å². The van der Waals surface area contributed by atoms with Crippen LogP contribution in [0.3, 0.4) is 0 Å². The number of ether oxygens (including phenoxy) is 1. The van der Waals surface area contributed by atoms with Crippen molar-refractivity contribution in [2.75, 3.05) is 7.11 Å². The van der Waals surface area contributed by atoms with Crippen molar-refractivity contribution in [1.82, 2.24) is 10.4 Å². The molecule has 2 aliphatic heterocycles. The first-order chi connectivity index (χ1) is 7.27. The van der Waals surface area contributed by atoms with Gasteiger partial charge in [-0.1, -0.05) is 6.08 Å². The summed E-state index contributed by atoms with van der Waals surface area (Å²) in [7, 11) is 1.38. The summed E-state index contributed by atoms with van der Waals surface area (Å²) in [6, 6.07) is 0.315. The number of amides is 1. The first-order valence-electron chi connectivity index (χ1n) is 5.04. The van der Waals surface area contributed by atoms with E-state index in [1.807, 2.05) is 11.1 Å². The monoisotopic (exact) mass is 210 g/mol. The molecule has 0 radical (unpaired) electrons. The van der Waals surface area contributed by atoms with Crippen LogP contribution in [0.4, 0.5) is 0 Å². The lowest BCUT2D eigenvalue weighted by atomic mass is 10.0. The van der Waals surface area contributed by atoms with Crippen LogP contribution in [-0.4, -0.2) is 36.6 Å². The van der Waals surface area contributed by atoms with Gasteiger partial charge in [0, 0.05) is 6.04 Å². The maximum Gasteiger partial charge on any atom is 0.335 e. The average Bonchev–Trinajstić information content (AvgIpc) is 2.51. The third-order valence-corrected chi connectivity index (χ3v) is 3.09. The van der Waals surface area contributed by atoms with Gasteiger partial charge < -0.3 is 4.74 Å². The number of nitrogens with zero attached hydrogens (tertiary/aromatic N) is 1. The van der Waals surface area contributed by atoms with Gasteiger partial charge in [0.1, 0.15) is 0 Å². The van der Waals surface area contributed by atoms with E-state index in [0.29, 0.717) is 18.0 Å². The highest BCUT2D eigenvalue weighted by molar-refractivity contribution is 5.90. The van der Waals surface area contributed by atoms with Crippen LogP contribution in [0.5, 0.6) is 0 Å². The second-order valence-corrected chi connectivity index (χ2v) is 3.79. The van der Waals surface area contributed by atoms with E-state index >= 15 is 0 Å². The molecule has 1 N–H and O–H groups in total. The van der Waals surface area contributed by atoms with E-state index in [0.717, 1.165) is 19.3 Å². The van der Waals surface area contributed by atoms with Gasteiger partial charge in [0.25, 0.3) is 0 Å². The molecule has 0 unspecified atom stereocenters. The lowest BCUT2D eigenvalue weighted by molar-refractivity contribution is -0.137. The number of esters is 1. The molecule has 0 aromatic carbocycles. The summed E-state index contributed by atoms with van der Waals surface area (Å²) in [6.07, 6.45) is 5.28. The minimum atomic E-state index is -0.293. The smallest absolute Gasteiger partial charge is 0.335 e. The lowest BCUT2D eigenvalue weighted by Crippen LogP contribution is -2.49. The second kappa shape index (κ2) is 4.02. The summed E-state index contributed by atoms with van der Waals surface area (Å²) in [5.41, 5.74) is 3.33. The minimum Gasteiger partial charge on any atom is -0.466 e. The fraction of sp³-hybridized carbons (Fsp3) is 0.600. The maximum absolute atomic E-state index is 11.5. The third-order valence-electron chi connectivity index (χ3n) is 3.09. The predicted molar refractivity (Wildman–Crippen MR) is 52.6 cm³/mol. The molecule has 2 rings (SSSR count). The van der Waals surface area contributed by atoms with Crippen LogP contribution < -0.4 is 5.43 Å². The van der Waals surface area contributed by atoms with Crippen LogP contribution in [0.1, 0.15) is 19.3 Å². The summed E-state index contributed by atoms with van der Waals surface area (Å²) in [5, 5.41) is 1.86. The summed E-state index contributed by atoms with van der Waals surface area (Å²) in [4.78, 5) is 21.9. The largest absolute Gasteiger partial charge is 0.466 e. The van der Waals surface area contributed by atoms with Gasteiger partial charge >= 0.3 is 5.97 Å². The molecule has 0 spiro atoms. The van der Waals surface area contributed by atoms with E-state index in [1.54, 1.807) is 0 Å². The molecule has 2 heterocycles. The molecule has 0 aliphatic carbocycles. The molecule has 1 amide bonds. The molecule has 15 heavy (non-hydrogen) atoms. The number of hydrazine groups is 1. The number of methoxy groups -OCH3 is 1. The Balaban J connectivity index is 2.18. The topological polar surface area (TPSA) is 58.6 Å². The first kappa shape index (κ1) is 10.2. The van der Waals surface area contributed by atoms with Crippen LogP contribution in [0.15, 0.2) is 11.6 Å². The quantitative estimate of drug-likeness (QED) is 0.525. The number of rotatable bonds is 3. The third kappa shape index (κ3) is 1.63. The number of fused-ring (bicyclic) bond motifs is 2. The zero-order valence-corrected chi connectivity index (χ0v) is 8.60. The Morgan fingerprint density at radius 1 is 1.67 bits per heavy atom. The van der Waals surface area contributed by atoms with Gasteiger partial charge in [-0.25, -0.2) is 9.80 Å². The van der Waals surface area contributed by atoms with Crippen molar-refractivity contribution in [1.29, 1.82) is 0 Å². The first-order valence-corrected chi connectivity index (χ1v) is 5.04. The van der Waals surface area contributed by atoms with Crippen molar-refractivity contribution in [2.24, 2.45) is 0 Å². The molecular weight excluding hydrogens is 196 g/mol. The Bertz CT molecular complexity index is 314. The van der Waals surface area contributed by atoms with E-state index in [-0.39, 0.29) is 12.0 Å². The summed E-state index contributed by atoms with van der Waals surface area (Å²) < 4.78 is 4.72. The standard InChI is InChI=1S/C10H14N2O3/c1-15-10(14)8-4-2-7-3-5-9(8)12(7)11-6-13/h4,6-7,9H,2-3,5H2,1H3,(H,11,13)/t7-,9-/m1/s1. The van der Waals surface area contributed by atoms with Crippen LogP contribution in [0.2, 0.25) is 0 Å². The molecule has 0 aromatic heterocycles. The average molecular weight is 210 g/mol. The molecule has 82 valence electrons. The number of hydrogen-bond donors (Lipinski definition) is 1. The normalized spacial score (nSPS) is 29.5. The zero-order valence-electron chi connectivity index (χ0n) is 8.60. The Hall–Kier alpha value is -1.36. The SMILES string of the molecule is COC(=O)C1=CC[C@@H]2CC[C@H]1N2NC=O. The van der Waals surface area contributed by atoms with Crippen molar-refractivity contribution in [2.45, 2.75) is 31.3 Å². The second-order valence-electron chi connectivity index (χ2n) is 3.79. The maximum atomic E-state index is 11.5. The van der Waals surface area contributed by atoms with Gasteiger partial charge in [0.2, 0.25) is 6.41 Å². The molecule has 2 atom stereocenters. The molecule has 5 nitrogen and oxygen atoms in total. The van der Waals surface area contributed by atoms with E-state index in [2.05, 4.69) is 5.43 Å². The van der Waals surface area contributed by atoms with Crippen LogP contribution in [-0.2, 0) is 14.3 Å². The molecule has 2 aliphatic rings. The van der Waals surface area contributed by atoms with Gasteiger partial charge in [0.05, 0.1) is 18.7 Å². The highest BCUT2D eigenvalue weighted by atomic mass is 16.5. The summed E-state index contributed by atoms with van der Waals surface area (Å²) in [5.74, 6) is -0.293. The fourth-order valence-electron chi connectivity index (χ4n) is 2.41. The Labute approximate surface area is 88.0 Å². The van der Waals surface area contributed by atoms with Crippen LogP contribution >= 0.6 is 0 Å². The van der Waals surface area contributed by atoms with Gasteiger partial charge in [-0.15, -0.1) is 0 Å². The summed E-state index contributed by atoms with van der Waals surface area (Å²) >= 11 is 0. The van der Waals surface area contributed by atoms with E-state index in [4.69, 9.17) is 4.74 Å². The Morgan fingerprint density at radius 3 is 3.13 bits per heavy atom. The number of carbonyl (C=O) groups is 2. The number of hydrogen-bond acceptors (Lipinski definition) is 4. The number of carbonyl (C=O) groups excluding carboxylic acids is 2. The van der Waals surface area contributed by atoms with Gasteiger partial charge in [-0.3, -0.25) is 10.2 Å². The molecular formula is C10H14N2O3. The highest BCUT2D eigenvalue weighted by Crippen LogP contribution is 2.34. The van der Waals surface area contributed by atoms with Crippen molar-refractivity contribution in [3.05, 3.63) is 11.6 Å². The Kier molecular flexibility index (Phi) is 2.73. The molecule has 1 fully saturated rings. The van der Waals surface area contributed by atoms with Crippen LogP contribution in [0, 0.1) is 0 Å². The van der Waals surface area contributed by atoms with Crippen LogP contribution in [0.25, 0.3) is 0 Å². The zero-order chi connectivity index (χ0) is 10.8. The molecule has 1 saturated heterocycles. The molecule has 0 saturated carbocycles. The molecule has 0 aromatic rings. The van der Waals surface area contributed by atoms with Gasteiger partial charge in [-0.2, -0.15) is 0 Å². The summed E-state index contributed by atoms with van der Waals surface area (Å²) in [6.45, 7) is 0. The Morgan fingerprint density at radius 2 is 2.47 bits per heavy atom. The van der Waals surface area contributed by atoms with Crippen molar-refractivity contribution in [3.8, 4) is 0 Å².